The molecule has 4 aromatic carbocycles. The molecular formula is C35H41N3O4. The lowest BCUT2D eigenvalue weighted by atomic mass is 9.78. The zero-order chi connectivity index (χ0) is 30.2. The molecule has 4 aromatic rings. The molecule has 0 fully saturated rings. The first-order valence-corrected chi connectivity index (χ1v) is 14.1. The summed E-state index contributed by atoms with van der Waals surface area (Å²) < 4.78 is 17.2. The number of hydrazine groups is 1. The fourth-order valence-electron chi connectivity index (χ4n) is 5.15. The number of nitrogens with two attached hydrogens (primary N) is 2. The number of carbonyl (C=O) groups excluding carboxylic acids is 1. The molecule has 0 heterocycles. The summed E-state index contributed by atoms with van der Waals surface area (Å²) in [6.45, 7) is 7.08. The molecule has 0 radical (unpaired) electrons. The van der Waals surface area contributed by atoms with E-state index >= 15 is 0 Å². The van der Waals surface area contributed by atoms with E-state index in [1.807, 2.05) is 80.6 Å². The molecule has 0 amide bonds. The molecule has 0 aliphatic heterocycles. The van der Waals surface area contributed by atoms with Crippen LogP contribution in [0.25, 0.3) is 0 Å². The number of aryl methyl sites for hydroxylation is 1. The average Bonchev–Trinajstić information content (AvgIpc) is 3.00. The smallest absolute Gasteiger partial charge is 0.309 e. The van der Waals surface area contributed by atoms with Gasteiger partial charge in [-0.15, -0.1) is 0 Å². The van der Waals surface area contributed by atoms with E-state index in [4.69, 9.17) is 25.8 Å². The molecule has 4 N–H and O–H groups in total. The van der Waals surface area contributed by atoms with Crippen molar-refractivity contribution in [2.45, 2.75) is 46.5 Å². The number of hydrogen-bond donors (Lipinski definition) is 2. The number of rotatable bonds is 12. The average molecular weight is 568 g/mol. The largest absolute Gasteiger partial charge is 0.497 e. The number of nitrogens with zero attached hydrogens (tertiary/aromatic N) is 1. The van der Waals surface area contributed by atoms with E-state index in [-0.39, 0.29) is 18.5 Å². The van der Waals surface area contributed by atoms with Gasteiger partial charge < -0.3 is 25.0 Å². The zero-order valence-corrected chi connectivity index (χ0v) is 25.1. The van der Waals surface area contributed by atoms with E-state index in [1.165, 1.54) is 5.01 Å². The van der Waals surface area contributed by atoms with Gasteiger partial charge in [-0.05, 0) is 71.0 Å². The highest BCUT2D eigenvalue weighted by Crippen LogP contribution is 2.39. The lowest BCUT2D eigenvalue weighted by molar-refractivity contribution is -0.149. The van der Waals surface area contributed by atoms with Gasteiger partial charge in [0, 0.05) is 13.0 Å². The maximum absolute atomic E-state index is 13.5. The summed E-state index contributed by atoms with van der Waals surface area (Å²) in [7, 11) is 3.41. The van der Waals surface area contributed by atoms with Gasteiger partial charge in [-0.25, -0.2) is 5.84 Å². The summed E-state index contributed by atoms with van der Waals surface area (Å²) in [5.74, 6) is 5.78. The van der Waals surface area contributed by atoms with Crippen LogP contribution in [0, 0.1) is 19.8 Å². The summed E-state index contributed by atoms with van der Waals surface area (Å²) in [4.78, 5) is 13.5. The second-order valence-corrected chi connectivity index (χ2v) is 10.7. The minimum Gasteiger partial charge on any atom is -0.497 e. The van der Waals surface area contributed by atoms with Crippen LogP contribution in [-0.2, 0) is 34.1 Å². The van der Waals surface area contributed by atoms with Gasteiger partial charge in [-0.1, -0.05) is 73.7 Å². The Morgan fingerprint density at radius 1 is 0.881 bits per heavy atom. The van der Waals surface area contributed by atoms with Crippen LogP contribution in [0.4, 0.5) is 11.4 Å². The van der Waals surface area contributed by atoms with E-state index in [9.17, 15) is 4.79 Å². The standard InChI is InChI=1S/C35H41N3O4/c1-23-11-14-28(19-29(23)22-41-20-27-12-15-30(40-5)16-13-27)33(31-17-18-32(38(4)37)34(36)24(31)2)25(3)35(39)42-21-26-9-7-6-8-10-26/h6-19,25,33H,20-22,36-37H2,1-5H3. The fraction of sp³-hybridized carbons (Fsp3) is 0.286. The quantitative estimate of drug-likeness (QED) is 0.0880. The molecular weight excluding hydrogens is 526 g/mol. The Balaban J connectivity index is 1.63. The van der Waals surface area contributed by atoms with Crippen LogP contribution < -0.4 is 21.3 Å². The molecule has 7 nitrogen and oxygen atoms in total. The van der Waals surface area contributed by atoms with Crippen molar-refractivity contribution in [1.29, 1.82) is 0 Å². The van der Waals surface area contributed by atoms with E-state index in [2.05, 4.69) is 25.1 Å². The Morgan fingerprint density at radius 3 is 2.24 bits per heavy atom. The van der Waals surface area contributed by atoms with Gasteiger partial charge in [0.1, 0.15) is 12.4 Å². The summed E-state index contributed by atoms with van der Waals surface area (Å²) in [5, 5.41) is 1.50. The van der Waals surface area contributed by atoms with Crippen molar-refractivity contribution >= 4 is 17.3 Å². The number of nitrogen functional groups attached to an aromatic ring is 1. The highest BCUT2D eigenvalue weighted by Gasteiger charge is 2.31. The molecule has 220 valence electrons. The molecule has 2 unspecified atom stereocenters. The Morgan fingerprint density at radius 2 is 1.57 bits per heavy atom. The summed E-state index contributed by atoms with van der Waals surface area (Å²) in [6, 6.07) is 27.7. The van der Waals surface area contributed by atoms with Crippen molar-refractivity contribution in [3.63, 3.8) is 0 Å². The minimum absolute atomic E-state index is 0.215. The molecule has 4 rings (SSSR count). The third-order valence-electron chi connectivity index (χ3n) is 7.76. The number of carbonyl (C=O) groups is 1. The zero-order valence-electron chi connectivity index (χ0n) is 25.1. The first-order chi connectivity index (χ1) is 20.2. The molecule has 2 atom stereocenters. The molecule has 0 bridgehead atoms. The third-order valence-corrected chi connectivity index (χ3v) is 7.76. The molecule has 0 spiro atoms. The summed E-state index contributed by atoms with van der Waals surface area (Å²) >= 11 is 0. The van der Waals surface area contributed by atoms with Crippen LogP contribution in [0.15, 0.2) is 84.9 Å². The van der Waals surface area contributed by atoms with Crippen LogP contribution in [0.5, 0.6) is 5.75 Å². The van der Waals surface area contributed by atoms with Crippen molar-refractivity contribution in [1.82, 2.24) is 0 Å². The molecule has 0 saturated carbocycles. The number of anilines is 2. The van der Waals surface area contributed by atoms with Crippen molar-refractivity contribution in [2.24, 2.45) is 11.8 Å². The summed E-state index contributed by atoms with van der Waals surface area (Å²) in [5.41, 5.74) is 14.9. The van der Waals surface area contributed by atoms with Gasteiger partial charge in [0.2, 0.25) is 0 Å². The van der Waals surface area contributed by atoms with E-state index in [0.717, 1.165) is 50.4 Å². The van der Waals surface area contributed by atoms with Gasteiger partial charge in [0.25, 0.3) is 0 Å². The Bertz CT molecular complexity index is 1490. The molecule has 42 heavy (non-hydrogen) atoms. The number of esters is 1. The van der Waals surface area contributed by atoms with Crippen LogP contribution in [0.1, 0.15) is 51.8 Å². The second kappa shape index (κ2) is 14.0. The number of benzene rings is 4. The van der Waals surface area contributed by atoms with Gasteiger partial charge in [-0.2, -0.15) is 0 Å². The SMILES string of the molecule is COc1ccc(COCc2cc(C(c3ccc(N(C)N)c(N)c3C)C(C)C(=O)OCc3ccccc3)ccc2C)cc1. The van der Waals surface area contributed by atoms with Crippen molar-refractivity contribution in [3.8, 4) is 5.75 Å². The van der Waals surface area contributed by atoms with Crippen LogP contribution in [-0.4, -0.2) is 20.1 Å². The van der Waals surface area contributed by atoms with Gasteiger partial charge in [-0.3, -0.25) is 4.79 Å². The predicted molar refractivity (Wildman–Crippen MR) is 168 cm³/mol. The third kappa shape index (κ3) is 7.29. The molecule has 7 heteroatoms. The van der Waals surface area contributed by atoms with Gasteiger partial charge in [0.05, 0.1) is 37.6 Å². The Labute approximate surface area is 249 Å². The monoisotopic (exact) mass is 567 g/mol. The molecule has 0 aliphatic rings. The van der Waals surface area contributed by atoms with Crippen molar-refractivity contribution in [2.75, 3.05) is 24.9 Å². The normalized spacial score (nSPS) is 12.4. The molecule has 0 aromatic heterocycles. The number of ether oxygens (including phenoxy) is 3. The van der Waals surface area contributed by atoms with Crippen LogP contribution in [0.2, 0.25) is 0 Å². The van der Waals surface area contributed by atoms with E-state index < -0.39 is 5.92 Å². The lowest BCUT2D eigenvalue weighted by Gasteiger charge is -2.28. The van der Waals surface area contributed by atoms with Gasteiger partial charge >= 0.3 is 5.97 Å². The highest BCUT2D eigenvalue weighted by molar-refractivity contribution is 5.77. The minimum atomic E-state index is -0.482. The lowest BCUT2D eigenvalue weighted by Crippen LogP contribution is -2.27. The second-order valence-electron chi connectivity index (χ2n) is 10.7. The van der Waals surface area contributed by atoms with Crippen molar-refractivity contribution in [3.05, 3.63) is 124 Å². The first-order valence-electron chi connectivity index (χ1n) is 14.1. The molecule has 0 saturated heterocycles. The number of methoxy groups -OCH3 is 1. The van der Waals surface area contributed by atoms with E-state index in [0.29, 0.717) is 18.9 Å². The topological polar surface area (TPSA) is 100 Å². The molecule has 0 aliphatic carbocycles. The first kappa shape index (κ1) is 30.6. The Hall–Kier alpha value is -4.33. The van der Waals surface area contributed by atoms with Crippen LogP contribution >= 0.6 is 0 Å². The maximum Gasteiger partial charge on any atom is 0.309 e. The summed E-state index contributed by atoms with van der Waals surface area (Å²) in [6.07, 6.45) is 0. The van der Waals surface area contributed by atoms with Gasteiger partial charge in [0.15, 0.2) is 0 Å². The van der Waals surface area contributed by atoms with Crippen molar-refractivity contribution < 1.29 is 19.0 Å². The van der Waals surface area contributed by atoms with E-state index in [1.54, 1.807) is 14.2 Å². The Kier molecular flexibility index (Phi) is 10.2. The van der Waals surface area contributed by atoms with Crippen LogP contribution in [0.3, 0.4) is 0 Å². The highest BCUT2D eigenvalue weighted by atomic mass is 16.5. The number of hydrogen-bond acceptors (Lipinski definition) is 7. The maximum atomic E-state index is 13.5. The fourth-order valence-corrected chi connectivity index (χ4v) is 5.15. The predicted octanol–water partition coefficient (Wildman–Crippen LogP) is 6.43.